The first-order valence-corrected chi connectivity index (χ1v) is 5.49. The first kappa shape index (κ1) is 14.3. The van der Waals surface area contributed by atoms with Crippen LogP contribution in [0.5, 0.6) is 0 Å². The topological polar surface area (TPSA) is 74.6 Å². The number of rotatable bonds is 9. The number of carbonyl (C=O) groups is 2. The molecule has 0 saturated carbocycles. The molecule has 0 aromatic carbocycles. The van der Waals surface area contributed by atoms with Gasteiger partial charge in [-0.25, -0.2) is 0 Å². The number of aliphatic hydroxyl groups is 2. The molecule has 88 valence electrons. The highest BCUT2D eigenvalue weighted by molar-refractivity contribution is 6.39. The van der Waals surface area contributed by atoms with Crippen LogP contribution >= 0.6 is 0 Å². The minimum Gasteiger partial charge on any atom is -0.388 e. The van der Waals surface area contributed by atoms with E-state index in [-0.39, 0.29) is 0 Å². The summed E-state index contributed by atoms with van der Waals surface area (Å²) in [5, 5.41) is 17.7. The summed E-state index contributed by atoms with van der Waals surface area (Å²) in [7, 11) is 0. The van der Waals surface area contributed by atoms with E-state index in [1.54, 1.807) is 0 Å². The van der Waals surface area contributed by atoms with Crippen LogP contribution in [0.4, 0.5) is 0 Å². The Balaban J connectivity index is 3.60. The summed E-state index contributed by atoms with van der Waals surface area (Å²) in [6, 6.07) is 0. The SMILES string of the molecule is CCCCCCCC(O)C(=O)C(=O)CO. The second-order valence-corrected chi connectivity index (χ2v) is 3.66. The Morgan fingerprint density at radius 3 is 2.27 bits per heavy atom. The molecule has 0 bridgehead atoms. The van der Waals surface area contributed by atoms with Crippen molar-refractivity contribution in [1.82, 2.24) is 0 Å². The van der Waals surface area contributed by atoms with E-state index in [0.29, 0.717) is 6.42 Å². The van der Waals surface area contributed by atoms with E-state index in [0.717, 1.165) is 32.1 Å². The van der Waals surface area contributed by atoms with E-state index in [1.165, 1.54) is 0 Å². The Morgan fingerprint density at radius 2 is 1.73 bits per heavy atom. The highest BCUT2D eigenvalue weighted by atomic mass is 16.3. The molecule has 0 aromatic heterocycles. The standard InChI is InChI=1S/C11H20O4/c1-2-3-4-5-6-7-9(13)11(15)10(14)8-12/h9,12-13H,2-8H2,1H3. The van der Waals surface area contributed by atoms with Crippen molar-refractivity contribution in [2.75, 3.05) is 6.61 Å². The van der Waals surface area contributed by atoms with Crippen molar-refractivity contribution >= 4 is 11.6 Å². The molecule has 0 fully saturated rings. The van der Waals surface area contributed by atoms with Gasteiger partial charge in [-0.2, -0.15) is 0 Å². The van der Waals surface area contributed by atoms with Crippen LogP contribution in [0.15, 0.2) is 0 Å². The number of hydrogen-bond donors (Lipinski definition) is 2. The molecule has 1 unspecified atom stereocenters. The molecule has 0 aliphatic heterocycles. The summed E-state index contributed by atoms with van der Waals surface area (Å²) in [5.41, 5.74) is 0. The first-order chi connectivity index (χ1) is 7.13. The number of carbonyl (C=O) groups excluding carboxylic acids is 2. The van der Waals surface area contributed by atoms with Crippen LogP contribution in [0.25, 0.3) is 0 Å². The van der Waals surface area contributed by atoms with Gasteiger partial charge in [0.05, 0.1) is 0 Å². The Hall–Kier alpha value is -0.740. The van der Waals surface area contributed by atoms with E-state index < -0.39 is 24.3 Å². The zero-order valence-corrected chi connectivity index (χ0v) is 9.24. The van der Waals surface area contributed by atoms with E-state index >= 15 is 0 Å². The normalized spacial score (nSPS) is 12.5. The largest absolute Gasteiger partial charge is 0.388 e. The van der Waals surface area contributed by atoms with Crippen molar-refractivity contribution in [1.29, 1.82) is 0 Å². The highest BCUT2D eigenvalue weighted by Crippen LogP contribution is 2.07. The molecule has 15 heavy (non-hydrogen) atoms. The summed E-state index contributed by atoms with van der Waals surface area (Å²) >= 11 is 0. The quantitative estimate of drug-likeness (QED) is 0.442. The van der Waals surface area contributed by atoms with Crippen LogP contribution in [0, 0.1) is 0 Å². The molecule has 0 saturated heterocycles. The lowest BCUT2D eigenvalue weighted by Crippen LogP contribution is -2.30. The van der Waals surface area contributed by atoms with Gasteiger partial charge in [0.2, 0.25) is 11.6 Å². The van der Waals surface area contributed by atoms with Gasteiger partial charge >= 0.3 is 0 Å². The van der Waals surface area contributed by atoms with Gasteiger partial charge in [-0.3, -0.25) is 9.59 Å². The Bertz CT molecular complexity index is 201. The smallest absolute Gasteiger partial charge is 0.229 e. The molecule has 4 nitrogen and oxygen atoms in total. The van der Waals surface area contributed by atoms with E-state index in [1.807, 2.05) is 0 Å². The predicted octanol–water partition coefficient (Wildman–Crippen LogP) is 0.838. The monoisotopic (exact) mass is 216 g/mol. The predicted molar refractivity (Wildman–Crippen MR) is 56.5 cm³/mol. The summed E-state index contributed by atoms with van der Waals surface area (Å²) < 4.78 is 0. The van der Waals surface area contributed by atoms with Gasteiger partial charge in [0.15, 0.2) is 0 Å². The number of aliphatic hydroxyl groups excluding tert-OH is 2. The summed E-state index contributed by atoms with van der Waals surface area (Å²) in [6.07, 6.45) is 4.17. The fourth-order valence-corrected chi connectivity index (χ4v) is 1.34. The van der Waals surface area contributed by atoms with Gasteiger partial charge in [0.1, 0.15) is 12.7 Å². The lowest BCUT2D eigenvalue weighted by Gasteiger charge is -2.07. The molecule has 2 N–H and O–H groups in total. The van der Waals surface area contributed by atoms with Crippen LogP contribution in [0.3, 0.4) is 0 Å². The van der Waals surface area contributed by atoms with Crippen LogP contribution in [0.2, 0.25) is 0 Å². The molecule has 0 radical (unpaired) electrons. The molecule has 0 rings (SSSR count). The van der Waals surface area contributed by atoms with Crippen molar-refractivity contribution in [2.24, 2.45) is 0 Å². The molecule has 1 atom stereocenters. The van der Waals surface area contributed by atoms with Gasteiger partial charge in [0, 0.05) is 0 Å². The van der Waals surface area contributed by atoms with E-state index in [2.05, 4.69) is 6.92 Å². The molecular weight excluding hydrogens is 196 g/mol. The molecule has 0 spiro atoms. The van der Waals surface area contributed by atoms with Crippen molar-refractivity contribution in [3.8, 4) is 0 Å². The van der Waals surface area contributed by atoms with Gasteiger partial charge in [-0.1, -0.05) is 39.0 Å². The third-order valence-corrected chi connectivity index (χ3v) is 2.30. The Kier molecular flexibility index (Phi) is 8.14. The maximum Gasteiger partial charge on any atom is 0.229 e. The highest BCUT2D eigenvalue weighted by Gasteiger charge is 2.21. The molecule has 4 heteroatoms. The van der Waals surface area contributed by atoms with Gasteiger partial charge < -0.3 is 10.2 Å². The molecule has 0 heterocycles. The third kappa shape index (κ3) is 6.36. The fourth-order valence-electron chi connectivity index (χ4n) is 1.34. The van der Waals surface area contributed by atoms with Crippen molar-refractivity contribution < 1.29 is 19.8 Å². The van der Waals surface area contributed by atoms with Gasteiger partial charge in [-0.15, -0.1) is 0 Å². The molecule has 0 aliphatic rings. The average molecular weight is 216 g/mol. The lowest BCUT2D eigenvalue weighted by molar-refractivity contribution is -0.143. The van der Waals surface area contributed by atoms with Crippen LogP contribution < -0.4 is 0 Å². The number of unbranched alkanes of at least 4 members (excludes halogenated alkanes) is 4. The molecule has 0 amide bonds. The van der Waals surface area contributed by atoms with Gasteiger partial charge in [0.25, 0.3) is 0 Å². The van der Waals surface area contributed by atoms with E-state index in [9.17, 15) is 14.7 Å². The third-order valence-electron chi connectivity index (χ3n) is 2.30. The van der Waals surface area contributed by atoms with Crippen molar-refractivity contribution in [2.45, 2.75) is 51.6 Å². The Morgan fingerprint density at radius 1 is 1.13 bits per heavy atom. The molecular formula is C11H20O4. The minimum atomic E-state index is -1.23. The summed E-state index contributed by atoms with van der Waals surface area (Å²) in [6.45, 7) is 1.30. The Labute approximate surface area is 90.3 Å². The maximum absolute atomic E-state index is 11.0. The zero-order chi connectivity index (χ0) is 11.7. The molecule has 0 aliphatic carbocycles. The minimum absolute atomic E-state index is 0.314. The summed E-state index contributed by atoms with van der Waals surface area (Å²) in [4.78, 5) is 21.8. The van der Waals surface area contributed by atoms with Crippen molar-refractivity contribution in [3.05, 3.63) is 0 Å². The molecule has 0 aromatic rings. The van der Waals surface area contributed by atoms with Crippen molar-refractivity contribution in [3.63, 3.8) is 0 Å². The van der Waals surface area contributed by atoms with Crippen LogP contribution in [0.1, 0.15) is 45.4 Å². The lowest BCUT2D eigenvalue weighted by atomic mass is 10.0. The number of hydrogen-bond acceptors (Lipinski definition) is 4. The fraction of sp³-hybridized carbons (Fsp3) is 0.818. The number of ketones is 2. The first-order valence-electron chi connectivity index (χ1n) is 5.49. The second-order valence-electron chi connectivity index (χ2n) is 3.66. The second kappa shape index (κ2) is 8.56. The zero-order valence-electron chi connectivity index (χ0n) is 9.24. The number of Topliss-reactive ketones (excluding diaryl/α,β-unsaturated/α-hetero) is 2. The van der Waals surface area contributed by atoms with Crippen LogP contribution in [-0.2, 0) is 9.59 Å². The summed E-state index contributed by atoms with van der Waals surface area (Å²) in [5.74, 6) is -1.77. The van der Waals surface area contributed by atoms with Crippen LogP contribution in [-0.4, -0.2) is 34.5 Å². The average Bonchev–Trinajstić information content (AvgIpc) is 2.26. The van der Waals surface area contributed by atoms with E-state index in [4.69, 9.17) is 5.11 Å². The maximum atomic E-state index is 11.0. The van der Waals surface area contributed by atoms with Gasteiger partial charge in [-0.05, 0) is 6.42 Å².